The Bertz CT molecular complexity index is 615. The van der Waals surface area contributed by atoms with Gasteiger partial charge < -0.3 is 14.6 Å². The lowest BCUT2D eigenvalue weighted by molar-refractivity contribution is 0.0693. The lowest BCUT2D eigenvalue weighted by Gasteiger charge is -2.12. The summed E-state index contributed by atoms with van der Waals surface area (Å²) in [4.78, 5) is 15.2. The maximum Gasteiger partial charge on any atom is 0.339 e. The minimum absolute atomic E-state index is 0.0110. The summed E-state index contributed by atoms with van der Waals surface area (Å²) in [6.07, 6.45) is 1.55. The number of pyridine rings is 1. The molecule has 0 saturated heterocycles. The van der Waals surface area contributed by atoms with Crippen LogP contribution in [0.25, 0.3) is 0 Å². The van der Waals surface area contributed by atoms with E-state index in [4.69, 9.17) is 14.6 Å². The number of nitrogens with zero attached hydrogens (tertiary/aromatic N) is 1. The van der Waals surface area contributed by atoms with E-state index < -0.39 is 5.97 Å². The van der Waals surface area contributed by atoms with Crippen molar-refractivity contribution in [3.63, 3.8) is 0 Å². The maximum absolute atomic E-state index is 11.2. The van der Waals surface area contributed by atoms with Crippen LogP contribution in [0.2, 0.25) is 0 Å². The Hall–Kier alpha value is -2.08. The van der Waals surface area contributed by atoms with Crippen LogP contribution in [0.15, 0.2) is 41.0 Å². The molecule has 2 rings (SSSR count). The van der Waals surface area contributed by atoms with Crippen LogP contribution in [0, 0.1) is 0 Å². The van der Waals surface area contributed by atoms with Gasteiger partial charge in [-0.15, -0.1) is 0 Å². The predicted molar refractivity (Wildman–Crippen MR) is 72.0 cm³/mol. The molecule has 0 aliphatic rings. The molecule has 1 aromatic carbocycles. The highest BCUT2D eigenvalue weighted by Gasteiger charge is 2.18. The van der Waals surface area contributed by atoms with Crippen molar-refractivity contribution in [1.82, 2.24) is 4.98 Å². The molecule has 0 saturated carbocycles. The number of carbonyl (C=O) groups is 1. The van der Waals surface area contributed by atoms with Gasteiger partial charge in [-0.25, -0.2) is 9.78 Å². The molecule has 0 aliphatic carbocycles. The first kappa shape index (κ1) is 13.4. The van der Waals surface area contributed by atoms with Gasteiger partial charge in [0.1, 0.15) is 5.56 Å². The zero-order chi connectivity index (χ0) is 13.8. The van der Waals surface area contributed by atoms with Gasteiger partial charge >= 0.3 is 5.97 Å². The van der Waals surface area contributed by atoms with Crippen LogP contribution >= 0.6 is 15.9 Å². The van der Waals surface area contributed by atoms with Crippen LogP contribution < -0.4 is 9.47 Å². The molecular weight excluding hydrogens is 314 g/mol. The highest BCUT2D eigenvalue weighted by Crippen LogP contribution is 2.36. The second kappa shape index (κ2) is 5.71. The smallest absolute Gasteiger partial charge is 0.339 e. The summed E-state index contributed by atoms with van der Waals surface area (Å²) in [5.41, 5.74) is 0.0110. The number of methoxy groups -OCH3 is 1. The van der Waals surface area contributed by atoms with Crippen molar-refractivity contribution in [3.05, 3.63) is 46.6 Å². The Kier molecular flexibility index (Phi) is 4.01. The van der Waals surface area contributed by atoms with E-state index >= 15 is 0 Å². The Labute approximate surface area is 117 Å². The van der Waals surface area contributed by atoms with Crippen molar-refractivity contribution >= 4 is 21.9 Å². The van der Waals surface area contributed by atoms with Gasteiger partial charge in [0, 0.05) is 6.20 Å². The van der Waals surface area contributed by atoms with Crippen molar-refractivity contribution < 1.29 is 19.4 Å². The van der Waals surface area contributed by atoms with Gasteiger partial charge in [0.2, 0.25) is 5.88 Å². The lowest BCUT2D eigenvalue weighted by atomic mass is 10.2. The molecule has 1 aromatic heterocycles. The first-order chi connectivity index (χ1) is 9.13. The van der Waals surface area contributed by atoms with E-state index in [2.05, 4.69) is 20.9 Å². The summed E-state index contributed by atoms with van der Waals surface area (Å²) in [6.45, 7) is 0. The molecule has 0 radical (unpaired) electrons. The molecule has 0 amide bonds. The van der Waals surface area contributed by atoms with Gasteiger partial charge in [0.15, 0.2) is 11.5 Å². The largest absolute Gasteiger partial charge is 0.493 e. The van der Waals surface area contributed by atoms with Crippen LogP contribution in [0.1, 0.15) is 10.4 Å². The molecule has 0 unspecified atom stereocenters. The van der Waals surface area contributed by atoms with Crippen molar-refractivity contribution in [2.75, 3.05) is 7.11 Å². The average molecular weight is 324 g/mol. The quantitative estimate of drug-likeness (QED) is 0.934. The van der Waals surface area contributed by atoms with Crippen LogP contribution in [-0.4, -0.2) is 23.2 Å². The fourth-order valence-electron chi connectivity index (χ4n) is 1.49. The maximum atomic E-state index is 11.2. The first-order valence-corrected chi connectivity index (χ1v) is 6.11. The van der Waals surface area contributed by atoms with E-state index in [1.807, 2.05) is 0 Å². The third kappa shape index (κ3) is 2.85. The van der Waals surface area contributed by atoms with E-state index in [9.17, 15) is 4.79 Å². The van der Waals surface area contributed by atoms with E-state index in [0.717, 1.165) is 0 Å². The van der Waals surface area contributed by atoms with E-state index in [-0.39, 0.29) is 17.2 Å². The molecule has 0 atom stereocenters. The summed E-state index contributed by atoms with van der Waals surface area (Å²) in [6, 6.07) is 8.13. The molecule has 1 heterocycles. The summed E-state index contributed by atoms with van der Waals surface area (Å²) in [5.74, 6) is -0.371. The van der Waals surface area contributed by atoms with E-state index in [1.165, 1.54) is 13.2 Å². The number of rotatable bonds is 4. The SMILES string of the molecule is COc1cccc(C(=O)O)c1Oc1ncccc1Br. The number of aromatic nitrogens is 1. The van der Waals surface area contributed by atoms with Crippen LogP contribution in [-0.2, 0) is 0 Å². The second-order valence-corrected chi connectivity index (χ2v) is 4.39. The molecule has 19 heavy (non-hydrogen) atoms. The number of hydrogen-bond acceptors (Lipinski definition) is 4. The molecule has 1 N–H and O–H groups in total. The fourth-order valence-corrected chi connectivity index (χ4v) is 1.83. The van der Waals surface area contributed by atoms with Crippen LogP contribution in [0.4, 0.5) is 0 Å². The number of carboxylic acid groups (broad SMARTS) is 1. The molecule has 0 spiro atoms. The summed E-state index contributed by atoms with van der Waals surface area (Å²) in [5, 5.41) is 9.17. The summed E-state index contributed by atoms with van der Waals surface area (Å²) < 4.78 is 11.3. The molecule has 0 aliphatic heterocycles. The van der Waals surface area contributed by atoms with Gasteiger partial charge in [-0.05, 0) is 40.2 Å². The standard InChI is InChI=1S/C13H10BrNO4/c1-18-10-6-2-4-8(13(16)17)11(10)19-12-9(14)5-3-7-15-12/h2-7H,1H3,(H,16,17). The summed E-state index contributed by atoms with van der Waals surface area (Å²) in [7, 11) is 1.45. The van der Waals surface area contributed by atoms with Crippen molar-refractivity contribution in [2.45, 2.75) is 0 Å². The normalized spacial score (nSPS) is 10.0. The number of halogens is 1. The minimum Gasteiger partial charge on any atom is -0.493 e. The highest BCUT2D eigenvalue weighted by molar-refractivity contribution is 9.10. The molecule has 98 valence electrons. The fraction of sp³-hybridized carbons (Fsp3) is 0.0769. The van der Waals surface area contributed by atoms with E-state index in [1.54, 1.807) is 30.5 Å². The third-order valence-electron chi connectivity index (χ3n) is 2.35. The first-order valence-electron chi connectivity index (χ1n) is 5.32. The zero-order valence-electron chi connectivity index (χ0n) is 9.96. The van der Waals surface area contributed by atoms with E-state index in [0.29, 0.717) is 10.2 Å². The Morgan fingerprint density at radius 2 is 2.11 bits per heavy atom. The Morgan fingerprint density at radius 3 is 2.74 bits per heavy atom. The molecule has 0 fully saturated rings. The zero-order valence-corrected chi connectivity index (χ0v) is 11.5. The molecule has 6 heteroatoms. The van der Waals surface area contributed by atoms with Gasteiger partial charge in [0.25, 0.3) is 0 Å². The number of carboxylic acids is 1. The lowest BCUT2D eigenvalue weighted by Crippen LogP contribution is -2.02. The van der Waals surface area contributed by atoms with Gasteiger partial charge in [-0.1, -0.05) is 6.07 Å². The number of ether oxygens (including phenoxy) is 2. The Morgan fingerprint density at radius 1 is 1.32 bits per heavy atom. The second-order valence-electron chi connectivity index (χ2n) is 3.53. The van der Waals surface area contributed by atoms with Gasteiger partial charge in [0.05, 0.1) is 11.6 Å². The third-order valence-corrected chi connectivity index (χ3v) is 2.96. The van der Waals surface area contributed by atoms with Gasteiger partial charge in [-0.2, -0.15) is 0 Å². The topological polar surface area (TPSA) is 68.7 Å². The molecule has 2 aromatic rings. The van der Waals surface area contributed by atoms with Gasteiger partial charge in [-0.3, -0.25) is 0 Å². The molecule has 0 bridgehead atoms. The number of hydrogen-bond donors (Lipinski definition) is 1. The average Bonchev–Trinajstić information content (AvgIpc) is 2.41. The van der Waals surface area contributed by atoms with Crippen LogP contribution in [0.5, 0.6) is 17.4 Å². The Balaban J connectivity index is 2.49. The number of benzene rings is 1. The highest BCUT2D eigenvalue weighted by atomic mass is 79.9. The predicted octanol–water partition coefficient (Wildman–Crippen LogP) is 3.34. The minimum atomic E-state index is -1.10. The summed E-state index contributed by atoms with van der Waals surface area (Å²) >= 11 is 3.29. The van der Waals surface area contributed by atoms with Crippen LogP contribution in [0.3, 0.4) is 0 Å². The number of aromatic carboxylic acids is 1. The molecular formula is C13H10BrNO4. The van der Waals surface area contributed by atoms with Crippen molar-refractivity contribution in [2.24, 2.45) is 0 Å². The molecule has 5 nitrogen and oxygen atoms in total. The van der Waals surface area contributed by atoms with Crippen molar-refractivity contribution in [3.8, 4) is 17.4 Å². The van der Waals surface area contributed by atoms with Crippen molar-refractivity contribution in [1.29, 1.82) is 0 Å². The number of para-hydroxylation sites is 1. The monoisotopic (exact) mass is 323 g/mol.